The third kappa shape index (κ3) is 6.98. The summed E-state index contributed by atoms with van der Waals surface area (Å²) in [4.78, 5) is 31.5. The van der Waals surface area contributed by atoms with Crippen LogP contribution >= 0.6 is 0 Å². The van der Waals surface area contributed by atoms with E-state index in [0.717, 1.165) is 44.2 Å². The Hall–Kier alpha value is -2.74. The van der Waals surface area contributed by atoms with E-state index in [2.05, 4.69) is 36.5 Å². The van der Waals surface area contributed by atoms with Crippen molar-refractivity contribution in [3.05, 3.63) is 42.4 Å². The number of carbonyl (C=O) groups is 1. The Kier molecular flexibility index (Phi) is 9.22. The Morgan fingerprint density at radius 1 is 0.946 bits per heavy atom. The molecule has 0 spiro atoms. The topological polar surface area (TPSA) is 86.3 Å². The number of aromatic nitrogens is 3. The summed E-state index contributed by atoms with van der Waals surface area (Å²) >= 11 is 0. The molecule has 0 unspecified atom stereocenters. The number of amides is 1. The van der Waals surface area contributed by atoms with E-state index in [0.29, 0.717) is 24.2 Å². The summed E-state index contributed by atoms with van der Waals surface area (Å²) in [6.07, 6.45) is 20.1. The second-order valence-electron chi connectivity index (χ2n) is 10.9. The molecular formula is C29H45N7O. The van der Waals surface area contributed by atoms with Crippen molar-refractivity contribution >= 4 is 17.7 Å². The van der Waals surface area contributed by atoms with Gasteiger partial charge in [-0.25, -0.2) is 4.98 Å². The SMILES string of the molecule is O=C(NCC[C@@H]1[C@@H](Nc2nccc(N3CCCCCC3)n2)CCCN1C1CCCCC1)c1cccnc1.[HH]. The van der Waals surface area contributed by atoms with Gasteiger partial charge in [-0.3, -0.25) is 14.7 Å². The number of nitrogens with zero attached hydrogens (tertiary/aromatic N) is 5. The number of rotatable bonds is 8. The smallest absolute Gasteiger partial charge is 0.252 e. The van der Waals surface area contributed by atoms with Crippen LogP contribution in [0.2, 0.25) is 0 Å². The second-order valence-corrected chi connectivity index (χ2v) is 10.9. The molecule has 202 valence electrons. The molecule has 1 amide bonds. The monoisotopic (exact) mass is 507 g/mol. The van der Waals surface area contributed by atoms with Gasteiger partial charge >= 0.3 is 0 Å². The summed E-state index contributed by atoms with van der Waals surface area (Å²) < 4.78 is 0. The predicted octanol–water partition coefficient (Wildman–Crippen LogP) is 4.90. The van der Waals surface area contributed by atoms with Crippen molar-refractivity contribution in [2.75, 3.05) is 36.4 Å². The van der Waals surface area contributed by atoms with Crippen molar-refractivity contribution in [2.45, 2.75) is 95.2 Å². The number of piperidine rings is 1. The number of nitrogens with one attached hydrogen (secondary N) is 2. The maximum Gasteiger partial charge on any atom is 0.252 e. The highest BCUT2D eigenvalue weighted by molar-refractivity contribution is 5.93. The number of anilines is 2. The van der Waals surface area contributed by atoms with Crippen LogP contribution in [0.1, 0.15) is 88.8 Å². The lowest BCUT2D eigenvalue weighted by molar-refractivity contribution is 0.0591. The minimum Gasteiger partial charge on any atom is -0.356 e. The quantitative estimate of drug-likeness (QED) is 0.526. The van der Waals surface area contributed by atoms with Crippen molar-refractivity contribution in [3.63, 3.8) is 0 Å². The number of hydrogen-bond donors (Lipinski definition) is 2. The molecule has 2 atom stereocenters. The highest BCUT2D eigenvalue weighted by Gasteiger charge is 2.36. The van der Waals surface area contributed by atoms with Gasteiger partial charge < -0.3 is 15.5 Å². The lowest BCUT2D eigenvalue weighted by Gasteiger charge is -2.47. The Morgan fingerprint density at radius 2 is 1.76 bits per heavy atom. The zero-order valence-corrected chi connectivity index (χ0v) is 22.2. The van der Waals surface area contributed by atoms with Gasteiger partial charge in [0.05, 0.1) is 5.56 Å². The molecule has 37 heavy (non-hydrogen) atoms. The Morgan fingerprint density at radius 3 is 2.54 bits per heavy atom. The van der Waals surface area contributed by atoms with Gasteiger partial charge in [0.15, 0.2) is 0 Å². The van der Waals surface area contributed by atoms with E-state index in [1.807, 2.05) is 12.3 Å². The van der Waals surface area contributed by atoms with Crippen LogP contribution < -0.4 is 15.5 Å². The first kappa shape index (κ1) is 25.9. The fourth-order valence-electron chi connectivity index (χ4n) is 6.48. The molecule has 5 rings (SSSR count). The Balaban J connectivity index is 0.00000336. The Bertz CT molecular complexity index is 980. The first-order valence-electron chi connectivity index (χ1n) is 14.6. The maximum absolute atomic E-state index is 12.6. The second kappa shape index (κ2) is 13.2. The van der Waals surface area contributed by atoms with Crippen LogP contribution in [0.15, 0.2) is 36.8 Å². The molecule has 2 saturated heterocycles. The lowest BCUT2D eigenvalue weighted by atomic mass is 9.87. The van der Waals surface area contributed by atoms with Gasteiger partial charge in [-0.2, -0.15) is 4.98 Å². The summed E-state index contributed by atoms with van der Waals surface area (Å²) in [7, 11) is 0. The molecule has 2 aromatic rings. The predicted molar refractivity (Wildman–Crippen MR) is 150 cm³/mol. The molecule has 0 bridgehead atoms. The van der Waals surface area contributed by atoms with Gasteiger partial charge in [0, 0.05) is 57.8 Å². The molecule has 1 aliphatic carbocycles. The van der Waals surface area contributed by atoms with Gasteiger partial charge in [-0.15, -0.1) is 0 Å². The largest absolute Gasteiger partial charge is 0.356 e. The van der Waals surface area contributed by atoms with Crippen molar-refractivity contribution in [2.24, 2.45) is 0 Å². The lowest BCUT2D eigenvalue weighted by Crippen LogP contribution is -2.56. The summed E-state index contributed by atoms with van der Waals surface area (Å²) in [6.45, 7) is 3.94. The maximum atomic E-state index is 12.6. The zero-order chi connectivity index (χ0) is 25.3. The minimum absolute atomic E-state index is 0. The van der Waals surface area contributed by atoms with Gasteiger partial charge in [0.1, 0.15) is 5.82 Å². The van der Waals surface area contributed by atoms with Crippen LogP contribution in [-0.2, 0) is 0 Å². The molecule has 2 aromatic heterocycles. The molecule has 4 heterocycles. The van der Waals surface area contributed by atoms with E-state index in [-0.39, 0.29) is 13.4 Å². The fraction of sp³-hybridized carbons (Fsp3) is 0.655. The molecule has 3 aliphatic rings. The van der Waals surface area contributed by atoms with E-state index >= 15 is 0 Å². The van der Waals surface area contributed by atoms with Crippen LogP contribution in [0.25, 0.3) is 0 Å². The summed E-state index contributed by atoms with van der Waals surface area (Å²) in [5.41, 5.74) is 0.615. The first-order valence-corrected chi connectivity index (χ1v) is 14.6. The highest BCUT2D eigenvalue weighted by atomic mass is 16.1. The van der Waals surface area contributed by atoms with Gasteiger partial charge in [0.2, 0.25) is 5.95 Å². The number of hydrogen-bond acceptors (Lipinski definition) is 7. The van der Waals surface area contributed by atoms with Gasteiger partial charge in [0.25, 0.3) is 5.91 Å². The molecule has 8 nitrogen and oxygen atoms in total. The third-order valence-corrected chi connectivity index (χ3v) is 8.40. The molecule has 8 heteroatoms. The summed E-state index contributed by atoms with van der Waals surface area (Å²) in [6, 6.07) is 6.93. The minimum atomic E-state index is -0.0499. The van der Waals surface area contributed by atoms with E-state index in [1.165, 1.54) is 64.2 Å². The van der Waals surface area contributed by atoms with Gasteiger partial charge in [-0.05, 0) is 69.7 Å². The van der Waals surface area contributed by atoms with E-state index in [4.69, 9.17) is 4.98 Å². The van der Waals surface area contributed by atoms with Crippen molar-refractivity contribution < 1.29 is 6.22 Å². The van der Waals surface area contributed by atoms with Crippen LogP contribution in [0.3, 0.4) is 0 Å². The summed E-state index contributed by atoms with van der Waals surface area (Å²) in [5, 5.41) is 6.89. The first-order chi connectivity index (χ1) is 18.3. The van der Waals surface area contributed by atoms with E-state index in [1.54, 1.807) is 18.5 Å². The average Bonchev–Trinajstić information content (AvgIpc) is 3.25. The average molecular weight is 508 g/mol. The standard InChI is InChI=1S/C29H43N7O.H2/c37-28(23-10-8-16-30-22-23)31-17-14-26-25(13-9-21-36(26)24-11-4-3-5-12-24)33-29-32-18-15-27(34-29)35-19-6-1-2-7-20-35;/h8,10,15-16,18,22,24-26H,1-7,9,11-14,17,19-21H2,(H,31,37)(H,32,33,34);1H/t25-,26+;/m0./s1. The van der Waals surface area contributed by atoms with Crippen molar-refractivity contribution in [1.29, 1.82) is 0 Å². The fourth-order valence-corrected chi connectivity index (χ4v) is 6.48. The van der Waals surface area contributed by atoms with Crippen LogP contribution in [0, 0.1) is 0 Å². The van der Waals surface area contributed by atoms with E-state index in [9.17, 15) is 4.79 Å². The van der Waals surface area contributed by atoms with Crippen molar-refractivity contribution in [3.8, 4) is 0 Å². The molecule has 3 fully saturated rings. The molecular weight excluding hydrogens is 462 g/mol. The normalized spacial score (nSPS) is 23.8. The molecule has 1 saturated carbocycles. The van der Waals surface area contributed by atoms with Gasteiger partial charge in [-0.1, -0.05) is 32.1 Å². The number of likely N-dealkylation sites (tertiary alicyclic amines) is 1. The molecule has 2 N–H and O–H groups in total. The number of carbonyl (C=O) groups excluding carboxylic acids is 1. The van der Waals surface area contributed by atoms with Crippen LogP contribution in [0.5, 0.6) is 0 Å². The molecule has 2 aliphatic heterocycles. The molecule has 0 aromatic carbocycles. The highest BCUT2D eigenvalue weighted by Crippen LogP contribution is 2.31. The zero-order valence-electron chi connectivity index (χ0n) is 22.2. The van der Waals surface area contributed by atoms with E-state index < -0.39 is 0 Å². The number of pyridine rings is 1. The van der Waals surface area contributed by atoms with Crippen LogP contribution in [0.4, 0.5) is 11.8 Å². The third-order valence-electron chi connectivity index (χ3n) is 8.40. The van der Waals surface area contributed by atoms with Crippen molar-refractivity contribution in [1.82, 2.24) is 25.2 Å². The Labute approximate surface area is 223 Å². The molecule has 0 radical (unpaired) electrons. The summed E-state index contributed by atoms with van der Waals surface area (Å²) in [5.74, 6) is 1.73. The van der Waals surface area contributed by atoms with Crippen LogP contribution in [-0.4, -0.2) is 70.1 Å².